The molecule has 9 heteroatoms. The maximum absolute atomic E-state index is 6.01. The summed E-state index contributed by atoms with van der Waals surface area (Å²) >= 11 is 3.02. The van der Waals surface area contributed by atoms with Gasteiger partial charge in [0, 0.05) is 5.75 Å². The van der Waals surface area contributed by atoms with Crippen molar-refractivity contribution in [2.75, 3.05) is 5.84 Å². The van der Waals surface area contributed by atoms with E-state index in [0.29, 0.717) is 28.4 Å². The molecule has 4 rings (SSSR count). The van der Waals surface area contributed by atoms with Crippen molar-refractivity contribution in [1.29, 1.82) is 0 Å². The minimum Gasteiger partial charge on any atom is -0.461 e. The molecular weight excluding hydrogens is 334 g/mol. The van der Waals surface area contributed by atoms with Crippen LogP contribution in [0.4, 0.5) is 0 Å². The summed E-state index contributed by atoms with van der Waals surface area (Å²) in [5, 5.41) is 10.7. The van der Waals surface area contributed by atoms with Gasteiger partial charge in [0.15, 0.2) is 5.76 Å². The molecular formula is C14H11N5O2S2. The summed E-state index contributed by atoms with van der Waals surface area (Å²) in [5.41, 5.74) is 0.820. The normalized spacial score (nSPS) is 11.1. The van der Waals surface area contributed by atoms with E-state index in [2.05, 4.69) is 15.2 Å². The highest BCUT2D eigenvalue weighted by atomic mass is 32.2. The number of rotatable bonds is 5. The van der Waals surface area contributed by atoms with Gasteiger partial charge in [-0.1, -0.05) is 17.8 Å². The maximum atomic E-state index is 6.01. The van der Waals surface area contributed by atoms with Gasteiger partial charge in [-0.15, -0.1) is 21.5 Å². The fourth-order valence-electron chi connectivity index (χ4n) is 1.97. The molecule has 7 nitrogen and oxygen atoms in total. The van der Waals surface area contributed by atoms with E-state index >= 15 is 0 Å². The standard InChI is InChI=1S/C14H11N5O2S2/c15-19-12(10-3-1-5-20-10)17-18-14(19)23-8-9-7-21-13(16-9)11-4-2-6-22-11/h1-7H,8,15H2. The van der Waals surface area contributed by atoms with Crippen LogP contribution in [-0.2, 0) is 5.75 Å². The summed E-state index contributed by atoms with van der Waals surface area (Å²) in [7, 11) is 0. The summed E-state index contributed by atoms with van der Waals surface area (Å²) in [4.78, 5) is 5.46. The van der Waals surface area contributed by atoms with Crippen molar-refractivity contribution in [3.8, 4) is 22.4 Å². The van der Waals surface area contributed by atoms with Gasteiger partial charge in [0.25, 0.3) is 0 Å². The Morgan fingerprint density at radius 3 is 2.96 bits per heavy atom. The van der Waals surface area contributed by atoms with Gasteiger partial charge in [0.2, 0.25) is 16.9 Å². The number of furan rings is 1. The molecule has 0 aromatic carbocycles. The molecule has 4 aromatic rings. The molecule has 0 saturated heterocycles. The monoisotopic (exact) mass is 345 g/mol. The minimum atomic E-state index is 0.483. The van der Waals surface area contributed by atoms with E-state index in [1.807, 2.05) is 17.5 Å². The van der Waals surface area contributed by atoms with Crippen LogP contribution >= 0.6 is 23.1 Å². The number of nitrogens with two attached hydrogens (primary N) is 1. The molecule has 0 atom stereocenters. The molecule has 0 spiro atoms. The van der Waals surface area contributed by atoms with Gasteiger partial charge >= 0.3 is 0 Å². The molecule has 4 aromatic heterocycles. The lowest BCUT2D eigenvalue weighted by atomic mass is 10.4. The summed E-state index contributed by atoms with van der Waals surface area (Å²) in [5.74, 6) is 8.28. The quantitative estimate of drug-likeness (QED) is 0.438. The molecule has 0 aliphatic rings. The van der Waals surface area contributed by atoms with Crippen molar-refractivity contribution < 1.29 is 8.83 Å². The van der Waals surface area contributed by atoms with Crippen molar-refractivity contribution in [1.82, 2.24) is 19.9 Å². The van der Waals surface area contributed by atoms with Crippen LogP contribution < -0.4 is 5.84 Å². The van der Waals surface area contributed by atoms with Gasteiger partial charge in [0.05, 0.1) is 16.8 Å². The lowest BCUT2D eigenvalue weighted by Crippen LogP contribution is -2.11. The van der Waals surface area contributed by atoms with E-state index in [-0.39, 0.29) is 0 Å². The third kappa shape index (κ3) is 2.76. The smallest absolute Gasteiger partial charge is 0.236 e. The maximum Gasteiger partial charge on any atom is 0.236 e. The van der Waals surface area contributed by atoms with E-state index in [0.717, 1.165) is 10.6 Å². The van der Waals surface area contributed by atoms with Gasteiger partial charge in [0.1, 0.15) is 6.26 Å². The number of thioether (sulfide) groups is 1. The van der Waals surface area contributed by atoms with E-state index in [1.165, 1.54) is 16.4 Å². The zero-order chi connectivity index (χ0) is 15.6. The Balaban J connectivity index is 1.48. The van der Waals surface area contributed by atoms with Crippen LogP contribution in [0.3, 0.4) is 0 Å². The molecule has 0 amide bonds. The number of nitrogen functional groups attached to an aromatic ring is 1. The van der Waals surface area contributed by atoms with Crippen molar-refractivity contribution in [2.24, 2.45) is 0 Å². The third-order valence-corrected chi connectivity index (χ3v) is 4.87. The summed E-state index contributed by atoms with van der Waals surface area (Å²) in [6, 6.07) is 7.50. The van der Waals surface area contributed by atoms with Crippen LogP contribution in [0.1, 0.15) is 5.69 Å². The highest BCUT2D eigenvalue weighted by Crippen LogP contribution is 2.27. The number of oxazole rings is 1. The van der Waals surface area contributed by atoms with Gasteiger partial charge in [-0.25, -0.2) is 9.66 Å². The number of nitrogens with zero attached hydrogens (tertiary/aromatic N) is 4. The third-order valence-electron chi connectivity index (χ3n) is 3.04. The highest BCUT2D eigenvalue weighted by Gasteiger charge is 2.15. The van der Waals surface area contributed by atoms with E-state index in [4.69, 9.17) is 14.7 Å². The Morgan fingerprint density at radius 2 is 2.17 bits per heavy atom. The second-order valence-electron chi connectivity index (χ2n) is 4.56. The lowest BCUT2D eigenvalue weighted by Gasteiger charge is -2.00. The number of aromatic nitrogens is 4. The van der Waals surface area contributed by atoms with E-state index in [1.54, 1.807) is 36.0 Å². The molecule has 4 heterocycles. The SMILES string of the molecule is Nn1c(SCc2coc(-c3cccs3)n2)nnc1-c1ccco1. The molecule has 116 valence electrons. The summed E-state index contributed by atoms with van der Waals surface area (Å²) < 4.78 is 12.2. The van der Waals surface area contributed by atoms with E-state index < -0.39 is 0 Å². The molecule has 0 saturated carbocycles. The fourth-order valence-corrected chi connectivity index (χ4v) is 3.36. The largest absolute Gasteiger partial charge is 0.461 e. The Labute approximate surface area is 139 Å². The van der Waals surface area contributed by atoms with E-state index in [9.17, 15) is 0 Å². The van der Waals surface area contributed by atoms with Crippen LogP contribution in [0.5, 0.6) is 0 Å². The lowest BCUT2D eigenvalue weighted by molar-refractivity contribution is 0.574. The predicted molar refractivity (Wildman–Crippen MR) is 87.3 cm³/mol. The highest BCUT2D eigenvalue weighted by molar-refractivity contribution is 7.98. The Bertz CT molecular complexity index is 896. The first-order chi connectivity index (χ1) is 11.3. The average molecular weight is 345 g/mol. The minimum absolute atomic E-state index is 0.483. The fraction of sp³-hybridized carbons (Fsp3) is 0.0714. The second kappa shape index (κ2) is 5.94. The molecule has 2 N–H and O–H groups in total. The molecule has 0 aliphatic carbocycles. The number of hydrogen-bond donors (Lipinski definition) is 1. The Morgan fingerprint density at radius 1 is 1.22 bits per heavy atom. The molecule has 23 heavy (non-hydrogen) atoms. The Kier molecular flexibility index (Phi) is 3.64. The zero-order valence-electron chi connectivity index (χ0n) is 11.7. The van der Waals surface area contributed by atoms with Gasteiger partial charge in [-0.3, -0.25) is 0 Å². The first kappa shape index (κ1) is 14.1. The first-order valence-corrected chi connectivity index (χ1v) is 8.53. The Hall–Kier alpha value is -2.52. The van der Waals surface area contributed by atoms with Crippen molar-refractivity contribution in [2.45, 2.75) is 10.9 Å². The second-order valence-corrected chi connectivity index (χ2v) is 6.45. The van der Waals surface area contributed by atoms with Crippen molar-refractivity contribution in [3.05, 3.63) is 47.9 Å². The number of hydrogen-bond acceptors (Lipinski definition) is 8. The van der Waals surface area contributed by atoms with Crippen LogP contribution in [0, 0.1) is 0 Å². The van der Waals surface area contributed by atoms with Crippen molar-refractivity contribution in [3.63, 3.8) is 0 Å². The zero-order valence-corrected chi connectivity index (χ0v) is 13.4. The van der Waals surface area contributed by atoms with Crippen LogP contribution in [-0.4, -0.2) is 19.9 Å². The molecule has 0 bridgehead atoms. The van der Waals surface area contributed by atoms with Crippen LogP contribution in [0.15, 0.2) is 56.2 Å². The molecule has 0 aliphatic heterocycles. The summed E-state index contributed by atoms with van der Waals surface area (Å²) in [6.07, 6.45) is 3.21. The van der Waals surface area contributed by atoms with Crippen molar-refractivity contribution >= 4 is 23.1 Å². The van der Waals surface area contributed by atoms with Gasteiger partial charge < -0.3 is 14.7 Å². The molecule has 0 unspecified atom stereocenters. The first-order valence-electron chi connectivity index (χ1n) is 6.67. The summed E-state index contributed by atoms with van der Waals surface area (Å²) in [6.45, 7) is 0. The topological polar surface area (TPSA) is 95.9 Å². The van der Waals surface area contributed by atoms with Crippen LogP contribution in [0.25, 0.3) is 22.4 Å². The molecule has 0 fully saturated rings. The van der Waals surface area contributed by atoms with Gasteiger partial charge in [-0.05, 0) is 23.6 Å². The van der Waals surface area contributed by atoms with Gasteiger partial charge in [-0.2, -0.15) is 0 Å². The van der Waals surface area contributed by atoms with Crippen LogP contribution in [0.2, 0.25) is 0 Å². The average Bonchev–Trinajstić information content (AvgIpc) is 3.33. The number of thiophene rings is 1. The predicted octanol–water partition coefficient (Wildman–Crippen LogP) is 3.26. The molecule has 0 radical (unpaired) electrons.